The largest absolute Gasteiger partial charge is 0.481 e. The Morgan fingerprint density at radius 2 is 2.06 bits per heavy atom. The van der Waals surface area contributed by atoms with Crippen LogP contribution in [0.5, 0.6) is 0 Å². The van der Waals surface area contributed by atoms with E-state index in [9.17, 15) is 14.7 Å². The quantitative estimate of drug-likeness (QED) is 0.440. The molecular weight excluding hydrogens is 408 g/mol. The zero-order valence-electron chi connectivity index (χ0n) is 17.5. The van der Waals surface area contributed by atoms with Gasteiger partial charge in [-0.15, -0.1) is 5.10 Å². The number of aliphatic hydroxyl groups is 1. The van der Waals surface area contributed by atoms with Crippen molar-refractivity contribution in [2.45, 2.75) is 58.2 Å². The number of hydrogen-bond donors (Lipinski definition) is 4. The molecule has 2 aromatic heterocycles. The molecule has 2 amide bonds. The standard InChI is InChI=1S/C17H24N6O4.C2H4O2/c1-11-9-14(21-27-11)17(26)20-13-4-3-12(10-15(13)24)16(25)18-5-2-7-23-8-6-19-22-23;1-2(3)4/h6,8-9,12-13,15,24H,2-5,7,10H2,1H3,(H,18,25)(H,20,26);1H3,(H,3,4)/t12-,13-,15-;/m0./s1. The minimum Gasteiger partial charge on any atom is -0.481 e. The van der Waals surface area contributed by atoms with Crippen molar-refractivity contribution in [2.24, 2.45) is 5.92 Å². The summed E-state index contributed by atoms with van der Waals surface area (Å²) >= 11 is 0. The number of rotatable bonds is 7. The lowest BCUT2D eigenvalue weighted by Gasteiger charge is -2.32. The number of aromatic nitrogens is 4. The molecule has 12 heteroatoms. The van der Waals surface area contributed by atoms with E-state index in [1.807, 2.05) is 0 Å². The lowest BCUT2D eigenvalue weighted by molar-refractivity contribution is -0.134. The predicted molar refractivity (Wildman–Crippen MR) is 107 cm³/mol. The highest BCUT2D eigenvalue weighted by Crippen LogP contribution is 2.25. The SMILES string of the molecule is CC(=O)O.Cc1cc(C(=O)N[C@H]2CC[C@H](C(=O)NCCCn3ccnn3)C[C@@H]2O)no1. The Balaban J connectivity index is 0.000000785. The molecular formula is C19H28N6O6. The van der Waals surface area contributed by atoms with Crippen LogP contribution in [0.3, 0.4) is 0 Å². The van der Waals surface area contributed by atoms with E-state index in [2.05, 4.69) is 26.1 Å². The normalized spacial score (nSPS) is 20.3. The molecule has 0 radical (unpaired) electrons. The number of aliphatic hydroxyl groups excluding tert-OH is 1. The molecule has 2 heterocycles. The lowest BCUT2D eigenvalue weighted by Crippen LogP contribution is -2.49. The maximum absolute atomic E-state index is 12.3. The van der Waals surface area contributed by atoms with Gasteiger partial charge in [-0.1, -0.05) is 10.4 Å². The van der Waals surface area contributed by atoms with Crippen molar-refractivity contribution in [1.82, 2.24) is 30.8 Å². The number of carbonyl (C=O) groups is 3. The van der Waals surface area contributed by atoms with Crippen molar-refractivity contribution < 1.29 is 29.1 Å². The Labute approximate surface area is 179 Å². The van der Waals surface area contributed by atoms with Gasteiger partial charge in [0.2, 0.25) is 5.91 Å². The Hall–Kier alpha value is -3.28. The van der Waals surface area contributed by atoms with E-state index in [4.69, 9.17) is 14.4 Å². The van der Waals surface area contributed by atoms with Crippen molar-refractivity contribution >= 4 is 17.8 Å². The van der Waals surface area contributed by atoms with Crippen LogP contribution in [0.15, 0.2) is 23.0 Å². The fourth-order valence-electron chi connectivity index (χ4n) is 3.22. The van der Waals surface area contributed by atoms with Crippen LogP contribution in [0.25, 0.3) is 0 Å². The van der Waals surface area contributed by atoms with E-state index >= 15 is 0 Å². The Morgan fingerprint density at radius 3 is 2.65 bits per heavy atom. The van der Waals surface area contributed by atoms with Gasteiger partial charge in [0.25, 0.3) is 11.9 Å². The van der Waals surface area contributed by atoms with Gasteiger partial charge < -0.3 is 25.4 Å². The predicted octanol–water partition coefficient (Wildman–Crippen LogP) is 0.131. The van der Waals surface area contributed by atoms with Crippen molar-refractivity contribution in [3.8, 4) is 0 Å². The maximum Gasteiger partial charge on any atom is 0.300 e. The Morgan fingerprint density at radius 1 is 1.32 bits per heavy atom. The summed E-state index contributed by atoms with van der Waals surface area (Å²) in [6.45, 7) is 4.01. The minimum atomic E-state index is -0.833. The summed E-state index contributed by atoms with van der Waals surface area (Å²) in [4.78, 5) is 33.4. The second-order valence-electron chi connectivity index (χ2n) is 7.31. The molecule has 1 fully saturated rings. The number of aryl methyl sites for hydroxylation is 2. The number of carbonyl (C=O) groups excluding carboxylic acids is 2. The fraction of sp³-hybridized carbons (Fsp3) is 0.579. The smallest absolute Gasteiger partial charge is 0.300 e. The molecule has 3 rings (SSSR count). The topological polar surface area (TPSA) is 172 Å². The van der Waals surface area contributed by atoms with Gasteiger partial charge in [-0.2, -0.15) is 0 Å². The van der Waals surface area contributed by atoms with E-state index in [0.29, 0.717) is 38.1 Å². The van der Waals surface area contributed by atoms with Crippen LogP contribution >= 0.6 is 0 Å². The third kappa shape index (κ3) is 8.16. The average Bonchev–Trinajstić information content (AvgIpc) is 3.38. The molecule has 4 N–H and O–H groups in total. The van der Waals surface area contributed by atoms with Crippen LogP contribution in [0.1, 0.15) is 48.9 Å². The van der Waals surface area contributed by atoms with E-state index in [-0.39, 0.29) is 23.4 Å². The summed E-state index contributed by atoms with van der Waals surface area (Å²) in [7, 11) is 0. The van der Waals surface area contributed by atoms with Crippen molar-refractivity contribution in [3.63, 3.8) is 0 Å². The molecule has 0 aromatic carbocycles. The molecule has 0 saturated heterocycles. The maximum atomic E-state index is 12.3. The second kappa shape index (κ2) is 11.8. The fourth-order valence-corrected chi connectivity index (χ4v) is 3.22. The molecule has 31 heavy (non-hydrogen) atoms. The number of hydrogen-bond acceptors (Lipinski definition) is 8. The van der Waals surface area contributed by atoms with E-state index in [0.717, 1.165) is 13.3 Å². The van der Waals surface area contributed by atoms with Gasteiger partial charge in [-0.05, 0) is 32.6 Å². The molecule has 2 aromatic rings. The monoisotopic (exact) mass is 436 g/mol. The molecule has 1 saturated carbocycles. The second-order valence-corrected chi connectivity index (χ2v) is 7.31. The van der Waals surface area contributed by atoms with Crippen molar-refractivity contribution in [3.05, 3.63) is 29.9 Å². The summed E-state index contributed by atoms with van der Waals surface area (Å²) < 4.78 is 6.59. The third-order valence-electron chi connectivity index (χ3n) is 4.70. The van der Waals surface area contributed by atoms with Gasteiger partial charge in [0, 0.05) is 38.2 Å². The number of carboxylic acids is 1. The highest BCUT2D eigenvalue weighted by molar-refractivity contribution is 5.92. The van der Waals surface area contributed by atoms with Gasteiger partial charge in [0.1, 0.15) is 5.76 Å². The highest BCUT2D eigenvalue weighted by atomic mass is 16.5. The number of nitrogens with zero attached hydrogens (tertiary/aromatic N) is 4. The minimum absolute atomic E-state index is 0.0652. The molecule has 1 aliphatic rings. The number of aliphatic carboxylic acids is 1. The third-order valence-corrected chi connectivity index (χ3v) is 4.70. The number of amides is 2. The lowest BCUT2D eigenvalue weighted by atomic mass is 9.83. The van der Waals surface area contributed by atoms with Crippen LogP contribution in [0.4, 0.5) is 0 Å². The van der Waals surface area contributed by atoms with Gasteiger partial charge in [0.05, 0.1) is 18.3 Å². The van der Waals surface area contributed by atoms with E-state index in [1.54, 1.807) is 30.1 Å². The molecule has 1 aliphatic carbocycles. The summed E-state index contributed by atoms with van der Waals surface area (Å²) in [6, 6.07) is 1.14. The summed E-state index contributed by atoms with van der Waals surface area (Å²) in [6.07, 6.45) is 4.81. The van der Waals surface area contributed by atoms with E-state index in [1.165, 1.54) is 0 Å². The van der Waals surface area contributed by atoms with E-state index < -0.39 is 18.1 Å². The van der Waals surface area contributed by atoms with Gasteiger partial charge >= 0.3 is 0 Å². The summed E-state index contributed by atoms with van der Waals surface area (Å²) in [5.41, 5.74) is 0.187. The Kier molecular flexibility index (Phi) is 9.13. The number of nitrogens with one attached hydrogen (secondary N) is 2. The first-order valence-electron chi connectivity index (χ1n) is 10.00. The molecule has 12 nitrogen and oxygen atoms in total. The first-order valence-corrected chi connectivity index (χ1v) is 10.00. The molecule has 170 valence electrons. The molecule has 0 aliphatic heterocycles. The van der Waals surface area contributed by atoms with Gasteiger partial charge in [-0.3, -0.25) is 19.1 Å². The van der Waals surface area contributed by atoms with Crippen LogP contribution in [0.2, 0.25) is 0 Å². The molecule has 0 spiro atoms. The van der Waals surface area contributed by atoms with Crippen LogP contribution in [-0.2, 0) is 16.1 Å². The molecule has 0 unspecified atom stereocenters. The van der Waals surface area contributed by atoms with Crippen LogP contribution < -0.4 is 10.6 Å². The molecule has 3 atom stereocenters. The van der Waals surface area contributed by atoms with Crippen LogP contribution in [0, 0.1) is 12.8 Å². The zero-order chi connectivity index (χ0) is 22.8. The first kappa shape index (κ1) is 24.0. The number of carboxylic acid groups (broad SMARTS) is 1. The first-order chi connectivity index (χ1) is 14.8. The highest BCUT2D eigenvalue weighted by Gasteiger charge is 2.34. The van der Waals surface area contributed by atoms with Crippen molar-refractivity contribution in [2.75, 3.05) is 6.54 Å². The van der Waals surface area contributed by atoms with Crippen LogP contribution in [-0.4, -0.2) is 66.8 Å². The summed E-state index contributed by atoms with van der Waals surface area (Å²) in [5, 5.41) is 34.7. The van der Waals surface area contributed by atoms with Gasteiger partial charge in [0.15, 0.2) is 5.69 Å². The Bertz CT molecular complexity index is 848. The molecule has 0 bridgehead atoms. The average molecular weight is 436 g/mol. The zero-order valence-corrected chi connectivity index (χ0v) is 17.5. The van der Waals surface area contributed by atoms with Gasteiger partial charge in [-0.25, -0.2) is 0 Å². The summed E-state index contributed by atoms with van der Waals surface area (Å²) in [5.74, 6) is -0.991. The van der Waals surface area contributed by atoms with Crippen molar-refractivity contribution in [1.29, 1.82) is 0 Å².